The summed E-state index contributed by atoms with van der Waals surface area (Å²) in [6, 6.07) is 10.6. The molecule has 4 N–H and O–H groups in total. The molecule has 1 aliphatic heterocycles. The van der Waals surface area contributed by atoms with Crippen molar-refractivity contribution in [3.63, 3.8) is 0 Å². The van der Waals surface area contributed by atoms with Crippen LogP contribution in [0, 0.1) is 33.9 Å². The fourth-order valence-corrected chi connectivity index (χ4v) is 5.98. The number of anilines is 2. The molecule has 2 heterocycles. The highest BCUT2D eigenvalue weighted by Crippen LogP contribution is 2.54. The standard InChI is InChI=1S/C31H30F4N8/c1-29(2)9-3-4-25(29)40-27-20(15-37)16-38-26-19(14-36)12-22(13-23(26)27)39-28(18-5-7-21(32)8-6-18)24-17-43(42-41-24)30(10-11-30)31(33,34)35/h5-8,12-13,16-17,25,28,39,41-42H,3-4,9-11H2,1-2H3,(H,38,40)/i28D. The molecule has 43 heavy (non-hydrogen) atoms. The maximum atomic E-state index is 13.9. The van der Waals surface area contributed by atoms with Crippen LogP contribution in [0.3, 0.4) is 0 Å². The van der Waals surface area contributed by atoms with Crippen molar-refractivity contribution in [2.24, 2.45) is 5.41 Å². The quantitative estimate of drug-likeness (QED) is 0.230. The second-order valence-corrected chi connectivity index (χ2v) is 12.0. The van der Waals surface area contributed by atoms with Crippen LogP contribution in [0.5, 0.6) is 0 Å². The van der Waals surface area contributed by atoms with Gasteiger partial charge in [0.15, 0.2) is 5.54 Å². The molecule has 6 rings (SSSR count). The Kier molecular flexibility index (Phi) is 6.55. The summed E-state index contributed by atoms with van der Waals surface area (Å²) in [7, 11) is 0. The zero-order valence-electron chi connectivity index (χ0n) is 24.5. The lowest BCUT2D eigenvalue weighted by molar-refractivity contribution is -0.195. The molecular weight excluding hydrogens is 560 g/mol. The molecule has 0 radical (unpaired) electrons. The van der Waals surface area contributed by atoms with Gasteiger partial charge in [0.2, 0.25) is 0 Å². The normalized spacial score (nSPS) is 22.0. The minimum atomic E-state index is -4.51. The van der Waals surface area contributed by atoms with Gasteiger partial charge in [0.05, 0.1) is 35.4 Å². The van der Waals surface area contributed by atoms with Crippen molar-refractivity contribution in [3.05, 3.63) is 77.0 Å². The molecule has 3 aliphatic rings. The Labute approximate surface area is 247 Å². The van der Waals surface area contributed by atoms with Gasteiger partial charge in [-0.15, -0.1) is 5.53 Å². The van der Waals surface area contributed by atoms with Crippen LogP contribution in [0.15, 0.2) is 54.5 Å². The first kappa shape index (κ1) is 27.3. The lowest BCUT2D eigenvalue weighted by Crippen LogP contribution is -2.52. The highest BCUT2D eigenvalue weighted by molar-refractivity contribution is 5.99. The average Bonchev–Trinajstić information content (AvgIpc) is 3.54. The summed E-state index contributed by atoms with van der Waals surface area (Å²) < 4.78 is 65.2. The van der Waals surface area contributed by atoms with Gasteiger partial charge >= 0.3 is 6.18 Å². The van der Waals surface area contributed by atoms with Crippen LogP contribution in [0.25, 0.3) is 10.9 Å². The first-order valence-electron chi connectivity index (χ1n) is 14.5. The Bertz CT molecular complexity index is 1740. The van der Waals surface area contributed by atoms with Gasteiger partial charge in [0, 0.05) is 29.5 Å². The molecule has 2 aromatic carbocycles. The number of rotatable bonds is 7. The van der Waals surface area contributed by atoms with Gasteiger partial charge in [-0.3, -0.25) is 9.99 Å². The topological polar surface area (TPSA) is 112 Å². The molecule has 1 aromatic heterocycles. The monoisotopic (exact) mass is 591 g/mol. The fourth-order valence-electron chi connectivity index (χ4n) is 5.98. The lowest BCUT2D eigenvalue weighted by Gasteiger charge is -2.29. The molecule has 2 saturated carbocycles. The number of hydrogen-bond acceptors (Lipinski definition) is 8. The Balaban J connectivity index is 1.46. The van der Waals surface area contributed by atoms with Gasteiger partial charge in [-0.2, -0.15) is 23.7 Å². The van der Waals surface area contributed by atoms with Crippen LogP contribution in [0.4, 0.5) is 28.9 Å². The Morgan fingerprint density at radius 2 is 1.84 bits per heavy atom. The van der Waals surface area contributed by atoms with Crippen molar-refractivity contribution >= 4 is 22.3 Å². The molecule has 2 fully saturated rings. The van der Waals surface area contributed by atoms with E-state index in [1.54, 1.807) is 6.07 Å². The van der Waals surface area contributed by atoms with E-state index >= 15 is 0 Å². The maximum Gasteiger partial charge on any atom is 0.413 e. The summed E-state index contributed by atoms with van der Waals surface area (Å²) in [6.07, 6.45) is 0.819. The van der Waals surface area contributed by atoms with Crippen molar-refractivity contribution in [1.82, 2.24) is 21.0 Å². The molecule has 2 aliphatic carbocycles. The molecule has 0 bridgehead atoms. The number of pyridine rings is 1. The molecule has 12 heteroatoms. The van der Waals surface area contributed by atoms with E-state index in [1.165, 1.54) is 30.6 Å². The molecule has 0 spiro atoms. The highest BCUT2D eigenvalue weighted by Gasteiger charge is 2.67. The van der Waals surface area contributed by atoms with Crippen molar-refractivity contribution in [1.29, 1.82) is 10.5 Å². The third-order valence-electron chi connectivity index (χ3n) is 8.74. The van der Waals surface area contributed by atoms with Gasteiger partial charge < -0.3 is 16.1 Å². The summed E-state index contributed by atoms with van der Waals surface area (Å²) in [5, 5.41) is 28.0. The summed E-state index contributed by atoms with van der Waals surface area (Å²) in [5.74, 6) is -0.545. The van der Waals surface area contributed by atoms with Gasteiger partial charge in [-0.25, -0.2) is 4.39 Å². The van der Waals surface area contributed by atoms with E-state index < -0.39 is 23.6 Å². The number of benzene rings is 2. The number of nitrogens with zero attached hydrogens (tertiary/aromatic N) is 4. The average molecular weight is 592 g/mol. The van der Waals surface area contributed by atoms with Gasteiger partial charge in [0.1, 0.15) is 18.0 Å². The van der Waals surface area contributed by atoms with Crippen molar-refractivity contribution in [2.45, 2.75) is 69.7 Å². The number of fused-ring (bicyclic) bond motifs is 1. The highest BCUT2D eigenvalue weighted by atomic mass is 19.4. The molecule has 0 saturated heterocycles. The van der Waals surface area contributed by atoms with E-state index in [0.717, 1.165) is 36.4 Å². The van der Waals surface area contributed by atoms with Crippen molar-refractivity contribution < 1.29 is 18.9 Å². The van der Waals surface area contributed by atoms with Gasteiger partial charge in [-0.05, 0) is 60.9 Å². The molecule has 222 valence electrons. The molecule has 0 amide bonds. The van der Waals surface area contributed by atoms with Crippen molar-refractivity contribution in [3.8, 4) is 12.1 Å². The zero-order valence-corrected chi connectivity index (χ0v) is 23.5. The predicted octanol–water partition coefficient (Wildman–Crippen LogP) is 6.52. The molecule has 8 nitrogen and oxygen atoms in total. The number of hydrazine groups is 2. The van der Waals surface area contributed by atoms with Crippen LogP contribution < -0.4 is 21.6 Å². The van der Waals surface area contributed by atoms with E-state index in [9.17, 15) is 29.5 Å². The largest absolute Gasteiger partial charge is 0.413 e. The number of nitrogens with one attached hydrogen (secondary N) is 4. The zero-order chi connectivity index (χ0) is 31.5. The fraction of sp³-hybridized carbons (Fsp3) is 0.387. The second kappa shape index (κ2) is 10.3. The predicted molar refractivity (Wildman–Crippen MR) is 153 cm³/mol. The number of alkyl halides is 3. The molecule has 2 atom stereocenters. The SMILES string of the molecule is [2H]C(Nc1cc(C#N)c2ncc(C#N)c(NC3CCCC3(C)C)c2c1)(C1=CN(C2(C(F)(F)F)CC2)NN1)c1ccc(F)cc1. The van der Waals surface area contributed by atoms with Crippen LogP contribution >= 0.6 is 0 Å². The van der Waals surface area contributed by atoms with Crippen LogP contribution in [0.1, 0.15) is 70.0 Å². The van der Waals surface area contributed by atoms with E-state index in [-0.39, 0.29) is 46.8 Å². The minimum Gasteiger partial charge on any atom is -0.380 e. The number of halogens is 4. The summed E-state index contributed by atoms with van der Waals surface area (Å²) in [4.78, 5) is 4.40. The Morgan fingerprint density at radius 3 is 2.44 bits per heavy atom. The molecular formula is C31H30F4N8. The Hall–Kier alpha value is -4.55. The lowest BCUT2D eigenvalue weighted by atomic mass is 9.87. The van der Waals surface area contributed by atoms with E-state index in [2.05, 4.69) is 52.6 Å². The van der Waals surface area contributed by atoms with E-state index in [1.807, 2.05) is 0 Å². The Morgan fingerprint density at radius 1 is 1.12 bits per heavy atom. The van der Waals surface area contributed by atoms with Crippen LogP contribution in [-0.2, 0) is 0 Å². The number of nitriles is 2. The van der Waals surface area contributed by atoms with Gasteiger partial charge in [0.25, 0.3) is 0 Å². The summed E-state index contributed by atoms with van der Waals surface area (Å²) >= 11 is 0. The smallest absolute Gasteiger partial charge is 0.380 e. The maximum absolute atomic E-state index is 13.9. The van der Waals surface area contributed by atoms with E-state index in [4.69, 9.17) is 0 Å². The molecule has 3 aromatic rings. The third-order valence-corrected chi connectivity index (χ3v) is 8.74. The first-order chi connectivity index (χ1) is 20.8. The van der Waals surface area contributed by atoms with Crippen molar-refractivity contribution in [2.75, 3.05) is 10.6 Å². The van der Waals surface area contributed by atoms with Crippen LogP contribution in [-0.4, -0.2) is 27.7 Å². The summed E-state index contributed by atoms with van der Waals surface area (Å²) in [6.45, 7) is 4.31. The van der Waals surface area contributed by atoms with Gasteiger partial charge in [-0.1, -0.05) is 32.4 Å². The number of hydrogen-bond donors (Lipinski definition) is 4. The second-order valence-electron chi connectivity index (χ2n) is 12.0. The minimum absolute atomic E-state index is 0.0215. The van der Waals surface area contributed by atoms with E-state index in [0.29, 0.717) is 22.2 Å². The third kappa shape index (κ3) is 5.06. The summed E-state index contributed by atoms with van der Waals surface area (Å²) in [5.41, 5.74) is 4.98. The van der Waals surface area contributed by atoms with Crippen LogP contribution in [0.2, 0.25) is 0 Å². The first-order valence-corrected chi connectivity index (χ1v) is 14.0. The number of aromatic nitrogens is 1. The molecule has 2 unspecified atom stereocenters.